The number of aliphatic hydroxyl groups excluding tert-OH is 1. The second-order valence-corrected chi connectivity index (χ2v) is 6.76. The van der Waals surface area contributed by atoms with Crippen LogP contribution in [0.2, 0.25) is 5.02 Å². The molecule has 3 rings (SSSR count). The summed E-state index contributed by atoms with van der Waals surface area (Å²) in [4.78, 5) is 0. The van der Waals surface area contributed by atoms with Crippen molar-refractivity contribution in [3.63, 3.8) is 0 Å². The Labute approximate surface area is 144 Å². The van der Waals surface area contributed by atoms with Crippen molar-refractivity contribution >= 4 is 43.5 Å². The molecule has 3 nitrogen and oxygen atoms in total. The first-order chi connectivity index (χ1) is 10.1. The van der Waals surface area contributed by atoms with Gasteiger partial charge < -0.3 is 14.6 Å². The second kappa shape index (κ2) is 6.16. The molecule has 0 fully saturated rings. The maximum atomic E-state index is 10.6. The lowest BCUT2D eigenvalue weighted by atomic mass is 10.0. The molecule has 1 N–H and O–H groups in total. The van der Waals surface area contributed by atoms with E-state index in [1.54, 1.807) is 24.3 Å². The van der Waals surface area contributed by atoms with Gasteiger partial charge in [0.2, 0.25) is 0 Å². The van der Waals surface area contributed by atoms with Gasteiger partial charge in [-0.15, -0.1) is 0 Å². The van der Waals surface area contributed by atoms with E-state index in [0.717, 1.165) is 8.95 Å². The second-order valence-electron chi connectivity index (χ2n) is 4.59. The van der Waals surface area contributed by atoms with Gasteiger partial charge in [-0.1, -0.05) is 43.5 Å². The molecule has 1 heterocycles. The monoisotopic (exact) mass is 432 g/mol. The van der Waals surface area contributed by atoms with E-state index in [-0.39, 0.29) is 0 Å². The zero-order chi connectivity index (χ0) is 15.0. The maximum absolute atomic E-state index is 10.6. The average Bonchev–Trinajstić information content (AvgIpc) is 2.48. The van der Waals surface area contributed by atoms with Crippen molar-refractivity contribution in [1.29, 1.82) is 0 Å². The Morgan fingerprint density at radius 3 is 2.38 bits per heavy atom. The molecule has 0 aliphatic carbocycles. The molecule has 0 saturated heterocycles. The van der Waals surface area contributed by atoms with Crippen molar-refractivity contribution in [3.8, 4) is 11.5 Å². The minimum atomic E-state index is -0.861. The number of halogens is 3. The molecule has 1 aliphatic heterocycles. The molecule has 0 spiro atoms. The summed E-state index contributed by atoms with van der Waals surface area (Å²) in [6, 6.07) is 8.96. The number of hydrogen-bond acceptors (Lipinski definition) is 3. The molecule has 0 aromatic heterocycles. The maximum Gasteiger partial charge on any atom is 0.162 e. The van der Waals surface area contributed by atoms with Crippen LogP contribution in [0.15, 0.2) is 39.3 Å². The van der Waals surface area contributed by atoms with E-state index in [4.69, 9.17) is 21.1 Å². The van der Waals surface area contributed by atoms with Gasteiger partial charge in [-0.25, -0.2) is 0 Å². The Kier molecular flexibility index (Phi) is 4.45. The first kappa shape index (κ1) is 15.2. The normalized spacial score (nSPS) is 14.9. The van der Waals surface area contributed by atoms with Gasteiger partial charge in [-0.05, 0) is 30.3 Å². The summed E-state index contributed by atoms with van der Waals surface area (Å²) in [6.07, 6.45) is -0.861. The third-order valence-electron chi connectivity index (χ3n) is 3.21. The van der Waals surface area contributed by atoms with E-state index in [2.05, 4.69) is 31.9 Å². The van der Waals surface area contributed by atoms with Gasteiger partial charge in [0, 0.05) is 25.1 Å². The molecular formula is C15H11Br2ClO3. The van der Waals surface area contributed by atoms with Crippen LogP contribution >= 0.6 is 43.5 Å². The van der Waals surface area contributed by atoms with Crippen LogP contribution in [0, 0.1) is 0 Å². The highest BCUT2D eigenvalue weighted by Crippen LogP contribution is 2.41. The quantitative estimate of drug-likeness (QED) is 0.744. The van der Waals surface area contributed by atoms with E-state index in [9.17, 15) is 5.11 Å². The van der Waals surface area contributed by atoms with Crippen LogP contribution in [0.4, 0.5) is 0 Å². The van der Waals surface area contributed by atoms with E-state index in [0.29, 0.717) is 40.9 Å². The lowest BCUT2D eigenvalue weighted by Gasteiger charge is -2.22. The minimum Gasteiger partial charge on any atom is -0.486 e. The van der Waals surface area contributed by atoms with E-state index >= 15 is 0 Å². The number of ether oxygens (including phenoxy) is 2. The van der Waals surface area contributed by atoms with E-state index in [1.807, 2.05) is 6.07 Å². The fourth-order valence-electron chi connectivity index (χ4n) is 2.18. The SMILES string of the molecule is OC(c1cc(Br)ccc1Cl)c1cc2c(cc1Br)OCCO2. The predicted molar refractivity (Wildman–Crippen MR) is 88.3 cm³/mol. The summed E-state index contributed by atoms with van der Waals surface area (Å²) in [5, 5.41) is 11.2. The molecule has 0 amide bonds. The highest BCUT2D eigenvalue weighted by Gasteiger charge is 2.21. The summed E-state index contributed by atoms with van der Waals surface area (Å²) >= 11 is 13.0. The fraction of sp³-hybridized carbons (Fsp3) is 0.200. The fourth-order valence-corrected chi connectivity index (χ4v) is 3.32. The minimum absolute atomic E-state index is 0.502. The molecular weight excluding hydrogens is 423 g/mol. The van der Waals surface area contributed by atoms with Crippen LogP contribution in [0.5, 0.6) is 11.5 Å². The first-order valence-corrected chi connectivity index (χ1v) is 8.24. The first-order valence-electron chi connectivity index (χ1n) is 6.28. The number of fused-ring (bicyclic) bond motifs is 1. The van der Waals surface area contributed by atoms with Crippen LogP contribution in [0.3, 0.4) is 0 Å². The van der Waals surface area contributed by atoms with E-state index in [1.165, 1.54) is 0 Å². The van der Waals surface area contributed by atoms with Crippen molar-refractivity contribution < 1.29 is 14.6 Å². The van der Waals surface area contributed by atoms with Crippen LogP contribution in [-0.4, -0.2) is 18.3 Å². The highest BCUT2D eigenvalue weighted by atomic mass is 79.9. The third kappa shape index (κ3) is 3.06. The molecule has 2 aromatic rings. The van der Waals surface area contributed by atoms with Gasteiger partial charge >= 0.3 is 0 Å². The van der Waals surface area contributed by atoms with E-state index < -0.39 is 6.10 Å². The molecule has 1 aliphatic rings. The van der Waals surface area contributed by atoms with Gasteiger partial charge in [0.25, 0.3) is 0 Å². The van der Waals surface area contributed by atoms with Crippen molar-refractivity contribution in [2.45, 2.75) is 6.10 Å². The Balaban J connectivity index is 2.05. The summed E-state index contributed by atoms with van der Waals surface area (Å²) in [5.41, 5.74) is 1.31. The molecule has 1 unspecified atom stereocenters. The smallest absolute Gasteiger partial charge is 0.162 e. The molecule has 0 saturated carbocycles. The van der Waals surface area contributed by atoms with Crippen molar-refractivity contribution in [1.82, 2.24) is 0 Å². The summed E-state index contributed by atoms with van der Waals surface area (Å²) in [6.45, 7) is 1.03. The van der Waals surface area contributed by atoms with Crippen LogP contribution < -0.4 is 9.47 Å². The number of benzene rings is 2. The number of aliphatic hydroxyl groups is 1. The Bertz CT molecular complexity index is 691. The molecule has 2 aromatic carbocycles. The molecule has 21 heavy (non-hydrogen) atoms. The van der Waals surface area contributed by atoms with Gasteiger partial charge in [0.05, 0.1) is 0 Å². The number of hydrogen-bond donors (Lipinski definition) is 1. The predicted octanol–water partition coefficient (Wildman–Crippen LogP) is 4.72. The Hall–Kier alpha value is -0.750. The van der Waals surface area contributed by atoms with Crippen molar-refractivity contribution in [3.05, 3.63) is 55.4 Å². The zero-order valence-corrected chi connectivity index (χ0v) is 14.7. The number of rotatable bonds is 2. The van der Waals surface area contributed by atoms with Gasteiger partial charge in [0.1, 0.15) is 19.3 Å². The van der Waals surface area contributed by atoms with Crippen LogP contribution in [-0.2, 0) is 0 Å². The Morgan fingerprint density at radius 2 is 1.67 bits per heavy atom. The van der Waals surface area contributed by atoms with Crippen molar-refractivity contribution in [2.24, 2.45) is 0 Å². The van der Waals surface area contributed by atoms with Gasteiger partial charge in [-0.2, -0.15) is 0 Å². The molecule has 1 atom stereocenters. The topological polar surface area (TPSA) is 38.7 Å². The van der Waals surface area contributed by atoms with Crippen molar-refractivity contribution in [2.75, 3.05) is 13.2 Å². The zero-order valence-electron chi connectivity index (χ0n) is 10.8. The molecule has 6 heteroatoms. The summed E-state index contributed by atoms with van der Waals surface area (Å²) in [5.74, 6) is 1.30. The van der Waals surface area contributed by atoms with Crippen LogP contribution in [0.25, 0.3) is 0 Å². The summed E-state index contributed by atoms with van der Waals surface area (Å²) < 4.78 is 12.7. The highest BCUT2D eigenvalue weighted by molar-refractivity contribution is 9.10. The Morgan fingerprint density at radius 1 is 1.00 bits per heavy atom. The van der Waals surface area contributed by atoms with Gasteiger partial charge in [-0.3, -0.25) is 0 Å². The average molecular weight is 435 g/mol. The lowest BCUT2D eigenvalue weighted by molar-refractivity contribution is 0.169. The lowest BCUT2D eigenvalue weighted by Crippen LogP contribution is -2.16. The summed E-state index contributed by atoms with van der Waals surface area (Å²) in [7, 11) is 0. The molecule has 0 bridgehead atoms. The molecule has 0 radical (unpaired) electrons. The molecule has 110 valence electrons. The van der Waals surface area contributed by atoms with Gasteiger partial charge in [0.15, 0.2) is 11.5 Å². The standard InChI is InChI=1S/C15H11Br2ClO3/c16-8-1-2-12(18)10(5-8)15(19)9-6-13-14(7-11(9)17)21-4-3-20-13/h1-2,5-7,15,19H,3-4H2. The largest absolute Gasteiger partial charge is 0.486 e. The van der Waals surface area contributed by atoms with Crippen LogP contribution in [0.1, 0.15) is 17.2 Å². The third-order valence-corrected chi connectivity index (χ3v) is 4.73.